The number of carbonyl (C=O) groups is 2. The van der Waals surface area contributed by atoms with E-state index in [2.05, 4.69) is 10.1 Å². The molecular formula is C14H17NO4. The molecule has 0 saturated carbocycles. The van der Waals surface area contributed by atoms with Crippen molar-refractivity contribution in [3.8, 4) is 0 Å². The van der Waals surface area contributed by atoms with E-state index in [4.69, 9.17) is 4.74 Å². The van der Waals surface area contributed by atoms with E-state index in [1.165, 1.54) is 7.11 Å². The van der Waals surface area contributed by atoms with Crippen molar-refractivity contribution in [2.24, 2.45) is 0 Å². The van der Waals surface area contributed by atoms with E-state index in [9.17, 15) is 9.59 Å². The van der Waals surface area contributed by atoms with E-state index >= 15 is 0 Å². The summed E-state index contributed by atoms with van der Waals surface area (Å²) < 4.78 is 9.91. The van der Waals surface area contributed by atoms with E-state index in [-0.39, 0.29) is 18.0 Å². The fourth-order valence-electron chi connectivity index (χ4n) is 1.96. The summed E-state index contributed by atoms with van der Waals surface area (Å²) in [6.07, 6.45) is 1.41. The summed E-state index contributed by atoms with van der Waals surface area (Å²) in [5.41, 5.74) is 1.43. The minimum absolute atomic E-state index is 0.0745. The van der Waals surface area contributed by atoms with Gasteiger partial charge in [0, 0.05) is 13.2 Å². The van der Waals surface area contributed by atoms with Crippen LogP contribution in [0, 0.1) is 0 Å². The number of amides is 1. The van der Waals surface area contributed by atoms with Crippen molar-refractivity contribution in [2.45, 2.75) is 25.5 Å². The molecule has 1 heterocycles. The third-order valence-corrected chi connectivity index (χ3v) is 3.06. The minimum atomic E-state index is -0.366. The number of methoxy groups -OCH3 is 1. The van der Waals surface area contributed by atoms with Crippen molar-refractivity contribution in [3.05, 3.63) is 35.4 Å². The van der Waals surface area contributed by atoms with E-state index in [1.54, 1.807) is 24.3 Å². The fraction of sp³-hybridized carbons (Fsp3) is 0.429. The molecule has 0 spiro atoms. The summed E-state index contributed by atoms with van der Waals surface area (Å²) >= 11 is 0. The Morgan fingerprint density at radius 3 is 2.68 bits per heavy atom. The highest BCUT2D eigenvalue weighted by Gasteiger charge is 2.22. The second kappa shape index (κ2) is 6.33. The van der Waals surface area contributed by atoms with Crippen LogP contribution in [0.2, 0.25) is 0 Å². The van der Waals surface area contributed by atoms with Crippen molar-refractivity contribution in [3.63, 3.8) is 0 Å². The second-order valence-corrected chi connectivity index (χ2v) is 4.41. The molecule has 0 aromatic heterocycles. The average Bonchev–Trinajstić information content (AvgIpc) is 2.98. The van der Waals surface area contributed by atoms with Gasteiger partial charge >= 0.3 is 5.97 Å². The Morgan fingerprint density at radius 2 is 2.11 bits per heavy atom. The molecule has 19 heavy (non-hydrogen) atoms. The number of benzene rings is 1. The van der Waals surface area contributed by atoms with Crippen molar-refractivity contribution < 1.29 is 19.1 Å². The van der Waals surface area contributed by atoms with Crippen LogP contribution in [0.4, 0.5) is 0 Å². The third-order valence-electron chi connectivity index (χ3n) is 3.06. The van der Waals surface area contributed by atoms with Crippen LogP contribution in [-0.4, -0.2) is 31.7 Å². The molecule has 0 radical (unpaired) electrons. The van der Waals surface area contributed by atoms with Gasteiger partial charge in [-0.25, -0.2) is 4.79 Å². The number of rotatable bonds is 4. The first-order valence-corrected chi connectivity index (χ1v) is 6.27. The lowest BCUT2D eigenvalue weighted by Crippen LogP contribution is -2.33. The predicted molar refractivity (Wildman–Crippen MR) is 68.6 cm³/mol. The van der Waals surface area contributed by atoms with Crippen molar-refractivity contribution >= 4 is 11.9 Å². The smallest absolute Gasteiger partial charge is 0.337 e. The molecule has 1 aromatic carbocycles. The number of esters is 1. The Kier molecular flexibility index (Phi) is 4.52. The molecule has 1 unspecified atom stereocenters. The Balaban J connectivity index is 1.85. The fourth-order valence-corrected chi connectivity index (χ4v) is 1.96. The van der Waals surface area contributed by atoms with Gasteiger partial charge in [-0.15, -0.1) is 0 Å². The maximum absolute atomic E-state index is 11.7. The van der Waals surface area contributed by atoms with Gasteiger partial charge in [0.25, 0.3) is 0 Å². The first kappa shape index (κ1) is 13.5. The molecule has 5 nitrogen and oxygen atoms in total. The van der Waals surface area contributed by atoms with Crippen LogP contribution >= 0.6 is 0 Å². The summed E-state index contributed by atoms with van der Waals surface area (Å²) in [6, 6.07) is 6.95. The Hall–Kier alpha value is -1.88. The molecule has 1 saturated heterocycles. The maximum atomic E-state index is 11.7. The number of nitrogens with one attached hydrogen (secondary N) is 1. The Morgan fingerprint density at radius 1 is 1.37 bits per heavy atom. The van der Waals surface area contributed by atoms with E-state index < -0.39 is 0 Å². The first-order chi connectivity index (χ1) is 9.20. The van der Waals surface area contributed by atoms with Crippen molar-refractivity contribution in [1.82, 2.24) is 5.32 Å². The summed E-state index contributed by atoms with van der Waals surface area (Å²) in [5, 5.41) is 2.82. The summed E-state index contributed by atoms with van der Waals surface area (Å²) in [7, 11) is 1.35. The van der Waals surface area contributed by atoms with Gasteiger partial charge < -0.3 is 14.8 Å². The van der Waals surface area contributed by atoms with E-state index in [0.717, 1.165) is 18.4 Å². The molecule has 1 N–H and O–H groups in total. The normalized spacial score (nSPS) is 18.1. The lowest BCUT2D eigenvalue weighted by atomic mass is 10.1. The van der Waals surface area contributed by atoms with Crippen LogP contribution in [0.1, 0.15) is 28.8 Å². The third kappa shape index (κ3) is 3.54. The summed E-state index contributed by atoms with van der Waals surface area (Å²) in [6.45, 7) is 1.09. The highest BCUT2D eigenvalue weighted by molar-refractivity contribution is 5.89. The van der Waals surface area contributed by atoms with Crippen LogP contribution in [0.25, 0.3) is 0 Å². The maximum Gasteiger partial charge on any atom is 0.337 e. The lowest BCUT2D eigenvalue weighted by Gasteiger charge is -2.10. The number of hydrogen-bond acceptors (Lipinski definition) is 4. The predicted octanol–water partition coefficient (Wildman–Crippen LogP) is 1.27. The highest BCUT2D eigenvalue weighted by atomic mass is 16.5. The topological polar surface area (TPSA) is 64.6 Å². The molecule has 5 heteroatoms. The van der Waals surface area contributed by atoms with Gasteiger partial charge in [-0.3, -0.25) is 4.79 Å². The molecule has 1 fully saturated rings. The van der Waals surface area contributed by atoms with E-state index in [0.29, 0.717) is 18.7 Å². The highest BCUT2D eigenvalue weighted by Crippen LogP contribution is 2.12. The molecule has 1 atom stereocenters. The standard InChI is InChI=1S/C14H17NO4/c1-18-14(17)11-6-4-10(5-7-11)9-15-13(16)12-3-2-8-19-12/h4-7,12H,2-3,8-9H2,1H3,(H,15,16). The van der Waals surface area contributed by atoms with Gasteiger partial charge in [-0.2, -0.15) is 0 Å². The van der Waals surface area contributed by atoms with Crippen LogP contribution in [0.3, 0.4) is 0 Å². The number of hydrogen-bond donors (Lipinski definition) is 1. The van der Waals surface area contributed by atoms with Gasteiger partial charge in [0.2, 0.25) is 5.91 Å². The van der Waals surface area contributed by atoms with Crippen molar-refractivity contribution in [2.75, 3.05) is 13.7 Å². The summed E-state index contributed by atoms with van der Waals surface area (Å²) in [5.74, 6) is -0.440. The Labute approximate surface area is 111 Å². The lowest BCUT2D eigenvalue weighted by molar-refractivity contribution is -0.130. The van der Waals surface area contributed by atoms with E-state index in [1.807, 2.05) is 0 Å². The number of ether oxygens (including phenoxy) is 2. The molecule has 0 aliphatic carbocycles. The van der Waals surface area contributed by atoms with Gasteiger partial charge in [0.1, 0.15) is 6.10 Å². The van der Waals surface area contributed by atoms with Crippen LogP contribution < -0.4 is 5.32 Å². The molecule has 102 valence electrons. The van der Waals surface area contributed by atoms with Gasteiger partial charge in [0.15, 0.2) is 0 Å². The first-order valence-electron chi connectivity index (χ1n) is 6.27. The SMILES string of the molecule is COC(=O)c1ccc(CNC(=O)C2CCCO2)cc1. The van der Waals surface area contributed by atoms with Crippen LogP contribution in [0.5, 0.6) is 0 Å². The molecule has 1 aromatic rings. The van der Waals surface area contributed by atoms with Crippen molar-refractivity contribution in [1.29, 1.82) is 0 Å². The minimum Gasteiger partial charge on any atom is -0.465 e. The largest absolute Gasteiger partial charge is 0.465 e. The molecule has 1 aliphatic heterocycles. The van der Waals surface area contributed by atoms with Crippen LogP contribution in [0.15, 0.2) is 24.3 Å². The average molecular weight is 263 g/mol. The molecule has 1 amide bonds. The second-order valence-electron chi connectivity index (χ2n) is 4.41. The Bertz CT molecular complexity index is 449. The zero-order chi connectivity index (χ0) is 13.7. The molecular weight excluding hydrogens is 246 g/mol. The zero-order valence-corrected chi connectivity index (χ0v) is 10.8. The summed E-state index contributed by atoms with van der Waals surface area (Å²) in [4.78, 5) is 23.0. The monoisotopic (exact) mass is 263 g/mol. The quantitative estimate of drug-likeness (QED) is 0.831. The van der Waals surface area contributed by atoms with Gasteiger partial charge in [0.05, 0.1) is 12.7 Å². The number of carbonyl (C=O) groups excluding carboxylic acids is 2. The van der Waals surface area contributed by atoms with Gasteiger partial charge in [-0.05, 0) is 30.5 Å². The molecule has 2 rings (SSSR count). The van der Waals surface area contributed by atoms with Crippen LogP contribution in [-0.2, 0) is 20.8 Å². The zero-order valence-electron chi connectivity index (χ0n) is 10.8. The van der Waals surface area contributed by atoms with Gasteiger partial charge in [-0.1, -0.05) is 12.1 Å². The molecule has 0 bridgehead atoms. The molecule has 1 aliphatic rings.